The highest BCUT2D eigenvalue weighted by molar-refractivity contribution is 7.90. The van der Waals surface area contributed by atoms with Crippen molar-refractivity contribution < 1.29 is 36.6 Å². The molecule has 50 heavy (non-hydrogen) atoms. The number of alkyl halides is 1. The summed E-state index contributed by atoms with van der Waals surface area (Å²) in [5.41, 5.74) is 1.21. The molecule has 1 N–H and O–H groups in total. The summed E-state index contributed by atoms with van der Waals surface area (Å²) >= 11 is 6.43. The lowest BCUT2D eigenvalue weighted by molar-refractivity contribution is -0.140. The summed E-state index contributed by atoms with van der Waals surface area (Å²) < 4.78 is 62.0. The van der Waals surface area contributed by atoms with Gasteiger partial charge in [-0.15, -0.1) is 0 Å². The average molecular weight is 730 g/mol. The predicted molar refractivity (Wildman–Crippen MR) is 187 cm³/mol. The molecule has 270 valence electrons. The van der Waals surface area contributed by atoms with Crippen LogP contribution in [-0.2, 0) is 40.9 Å². The number of fused-ring (bicyclic) bond motifs is 4. The Labute approximate surface area is 298 Å². The van der Waals surface area contributed by atoms with Crippen molar-refractivity contribution in [2.24, 2.45) is 11.8 Å². The fourth-order valence-corrected chi connectivity index (χ4v) is 9.45. The van der Waals surface area contributed by atoms with E-state index in [0.717, 1.165) is 32.1 Å². The standard InChI is InChI=1S/C37H45ClFN3O7S/c1-36(2)35(44)40-50(45,46)28-9-12-33-31(18-28)42(22-37(23-48-33)14-3-5-24-17-26(38)8-11-30(24)37)19-25-7-10-29(25)32(6-4-16-49-36)47-21-34(43)41-15-13-27(39)20-41/h4,6,8-9,11-12,17-18,25,27,29,32H,3,5,7,10,13-16,19-23H2,1-2H3,(H,40,44)/b6-4+/t25-,27-,29+,32-,37-/m0/s1. The quantitative estimate of drug-likeness (QED) is 0.441. The Hall–Kier alpha value is -3.19. The Morgan fingerprint density at radius 3 is 2.74 bits per heavy atom. The van der Waals surface area contributed by atoms with Gasteiger partial charge in [0.15, 0.2) is 0 Å². The minimum atomic E-state index is -4.25. The maximum absolute atomic E-state index is 13.9. The van der Waals surface area contributed by atoms with Gasteiger partial charge in [0.25, 0.3) is 15.9 Å². The largest absolute Gasteiger partial charge is 0.490 e. The number of ether oxygens (including phenoxy) is 3. The summed E-state index contributed by atoms with van der Waals surface area (Å²) in [6.07, 6.45) is 7.11. The molecule has 1 saturated carbocycles. The van der Waals surface area contributed by atoms with Crippen molar-refractivity contribution in [1.82, 2.24) is 9.62 Å². The Kier molecular flexibility index (Phi) is 9.68. The number of hydrogen-bond acceptors (Lipinski definition) is 8. The van der Waals surface area contributed by atoms with Gasteiger partial charge in [0, 0.05) is 30.1 Å². The zero-order valence-electron chi connectivity index (χ0n) is 28.5. The first-order valence-corrected chi connectivity index (χ1v) is 19.4. The fraction of sp³-hybridized carbons (Fsp3) is 0.568. The SMILES string of the molecule is CC1(C)OC/C=C/[C@H](OCC(=O)N2CC[C@H](F)C2)[C@@H]2CC[C@H]2CN2C[C@@]3(CCCc4cc(Cl)ccc43)COc3ccc(cc32)S(=O)(=O)NC1=O. The topological polar surface area (TPSA) is 114 Å². The Morgan fingerprint density at radius 2 is 1.98 bits per heavy atom. The molecule has 1 spiro atoms. The molecule has 0 aromatic heterocycles. The number of carbonyl (C=O) groups is 2. The van der Waals surface area contributed by atoms with E-state index < -0.39 is 33.8 Å². The van der Waals surface area contributed by atoms with E-state index in [1.807, 2.05) is 18.2 Å². The van der Waals surface area contributed by atoms with Gasteiger partial charge in [-0.3, -0.25) is 9.59 Å². The number of hydrogen-bond donors (Lipinski definition) is 1. The molecule has 3 aliphatic heterocycles. The summed E-state index contributed by atoms with van der Waals surface area (Å²) in [5, 5.41) is 0.693. The lowest BCUT2D eigenvalue weighted by atomic mass is 9.68. The van der Waals surface area contributed by atoms with Crippen LogP contribution in [0.5, 0.6) is 5.75 Å². The number of nitrogens with zero attached hydrogens (tertiary/aromatic N) is 2. The van der Waals surface area contributed by atoms with Crippen LogP contribution in [0.1, 0.15) is 57.1 Å². The van der Waals surface area contributed by atoms with Gasteiger partial charge in [-0.2, -0.15) is 0 Å². The molecule has 2 fully saturated rings. The number of sulfonamides is 1. The number of halogens is 2. The van der Waals surface area contributed by atoms with Crippen molar-refractivity contribution >= 4 is 39.1 Å². The van der Waals surface area contributed by atoms with E-state index in [-0.39, 0.29) is 47.8 Å². The molecule has 2 amide bonds. The Balaban J connectivity index is 1.25. The highest BCUT2D eigenvalue weighted by Gasteiger charge is 2.45. The van der Waals surface area contributed by atoms with Crippen molar-refractivity contribution in [2.45, 2.75) is 80.6 Å². The third-order valence-corrected chi connectivity index (χ3v) is 12.8. The monoisotopic (exact) mass is 729 g/mol. The average Bonchev–Trinajstić information content (AvgIpc) is 3.44. The normalized spacial score (nSPS) is 31.0. The van der Waals surface area contributed by atoms with E-state index in [0.29, 0.717) is 49.1 Å². The molecule has 10 nitrogen and oxygen atoms in total. The summed E-state index contributed by atoms with van der Waals surface area (Å²) in [4.78, 5) is 30.0. The lowest BCUT2D eigenvalue weighted by Gasteiger charge is -2.46. The number of benzene rings is 2. The van der Waals surface area contributed by atoms with E-state index in [9.17, 15) is 22.4 Å². The summed E-state index contributed by atoms with van der Waals surface area (Å²) in [7, 11) is -4.25. The Morgan fingerprint density at radius 1 is 1.14 bits per heavy atom. The first kappa shape index (κ1) is 35.2. The molecule has 2 bridgehead atoms. The summed E-state index contributed by atoms with van der Waals surface area (Å²) in [6.45, 7) is 4.96. The summed E-state index contributed by atoms with van der Waals surface area (Å²) in [6, 6.07) is 10.8. The van der Waals surface area contributed by atoms with Crippen LogP contribution in [0.25, 0.3) is 0 Å². The van der Waals surface area contributed by atoms with E-state index in [1.165, 1.54) is 35.9 Å². The van der Waals surface area contributed by atoms with Gasteiger partial charge in [-0.25, -0.2) is 17.5 Å². The van der Waals surface area contributed by atoms with Gasteiger partial charge in [0.05, 0.1) is 36.4 Å². The van der Waals surface area contributed by atoms with Crippen LogP contribution in [0, 0.1) is 11.8 Å². The number of amides is 2. The zero-order chi connectivity index (χ0) is 35.3. The van der Waals surface area contributed by atoms with Gasteiger partial charge in [0.1, 0.15) is 24.1 Å². The van der Waals surface area contributed by atoms with E-state index in [4.69, 9.17) is 25.8 Å². The summed E-state index contributed by atoms with van der Waals surface area (Å²) in [5.74, 6) is -0.247. The van der Waals surface area contributed by atoms with Crippen molar-refractivity contribution in [3.63, 3.8) is 0 Å². The van der Waals surface area contributed by atoms with Crippen LogP contribution < -0.4 is 14.4 Å². The maximum atomic E-state index is 13.9. The van der Waals surface area contributed by atoms with Gasteiger partial charge >= 0.3 is 0 Å². The van der Waals surface area contributed by atoms with Crippen LogP contribution in [0.4, 0.5) is 10.1 Å². The molecule has 7 rings (SSSR count). The van der Waals surface area contributed by atoms with Crippen molar-refractivity contribution in [2.75, 3.05) is 50.9 Å². The molecule has 13 heteroatoms. The molecule has 2 aromatic carbocycles. The van der Waals surface area contributed by atoms with E-state index in [2.05, 4.69) is 15.7 Å². The van der Waals surface area contributed by atoms with Gasteiger partial charge in [-0.1, -0.05) is 29.8 Å². The minimum absolute atomic E-state index is 0.0234. The van der Waals surface area contributed by atoms with Crippen LogP contribution in [0.2, 0.25) is 5.02 Å². The van der Waals surface area contributed by atoms with Crippen molar-refractivity contribution in [1.29, 1.82) is 0 Å². The lowest BCUT2D eigenvalue weighted by Crippen LogP contribution is -2.50. The second kappa shape index (κ2) is 13.7. The number of anilines is 1. The number of rotatable bonds is 3. The minimum Gasteiger partial charge on any atom is -0.490 e. The first-order chi connectivity index (χ1) is 23.8. The molecular formula is C37H45ClFN3O7S. The highest BCUT2D eigenvalue weighted by atomic mass is 35.5. The number of carbonyl (C=O) groups excluding carboxylic acids is 2. The molecule has 0 unspecified atom stereocenters. The van der Waals surface area contributed by atoms with E-state index >= 15 is 0 Å². The van der Waals surface area contributed by atoms with Crippen LogP contribution in [-0.4, -0.2) is 89.0 Å². The Bertz CT molecular complexity index is 1790. The second-order valence-electron chi connectivity index (χ2n) is 14.9. The second-order valence-corrected chi connectivity index (χ2v) is 17.0. The molecule has 5 atom stereocenters. The van der Waals surface area contributed by atoms with E-state index in [1.54, 1.807) is 18.2 Å². The molecular weight excluding hydrogens is 685 g/mol. The van der Waals surface area contributed by atoms with Gasteiger partial charge in [-0.05, 0) is 106 Å². The number of likely N-dealkylation sites (tertiary alicyclic amines) is 1. The first-order valence-electron chi connectivity index (χ1n) is 17.6. The molecule has 2 aromatic rings. The fourth-order valence-electron chi connectivity index (χ4n) is 8.14. The molecule has 3 heterocycles. The van der Waals surface area contributed by atoms with Gasteiger partial charge < -0.3 is 24.0 Å². The maximum Gasteiger partial charge on any atom is 0.265 e. The number of nitrogens with one attached hydrogen (secondary N) is 1. The van der Waals surface area contributed by atoms with Crippen LogP contribution >= 0.6 is 11.6 Å². The molecule has 5 aliphatic rings. The van der Waals surface area contributed by atoms with Crippen molar-refractivity contribution in [3.05, 3.63) is 64.7 Å². The van der Waals surface area contributed by atoms with Crippen molar-refractivity contribution in [3.8, 4) is 5.75 Å². The third-order valence-electron chi connectivity index (χ3n) is 11.2. The predicted octanol–water partition coefficient (Wildman–Crippen LogP) is 4.96. The highest BCUT2D eigenvalue weighted by Crippen LogP contribution is 2.47. The molecule has 0 radical (unpaired) electrons. The van der Waals surface area contributed by atoms with Crippen LogP contribution in [0.3, 0.4) is 0 Å². The third kappa shape index (κ3) is 7.00. The molecule has 2 aliphatic carbocycles. The molecule has 1 saturated heterocycles. The number of aryl methyl sites for hydroxylation is 1. The van der Waals surface area contributed by atoms with Gasteiger partial charge in [0.2, 0.25) is 5.91 Å². The smallest absolute Gasteiger partial charge is 0.265 e. The zero-order valence-corrected chi connectivity index (χ0v) is 30.1. The van der Waals surface area contributed by atoms with Crippen LogP contribution in [0.15, 0.2) is 53.4 Å².